The van der Waals surface area contributed by atoms with Crippen LogP contribution in [0.4, 0.5) is 5.82 Å². The highest BCUT2D eigenvalue weighted by atomic mass is 15.1. The maximum Gasteiger partial charge on any atom is 0.182 e. The van der Waals surface area contributed by atoms with E-state index in [1.54, 1.807) is 6.20 Å². The molecule has 0 aliphatic carbocycles. The molecule has 0 aliphatic heterocycles. The summed E-state index contributed by atoms with van der Waals surface area (Å²) < 4.78 is 0. The third kappa shape index (κ3) is 3.77. The van der Waals surface area contributed by atoms with Gasteiger partial charge in [-0.3, -0.25) is 0 Å². The van der Waals surface area contributed by atoms with Gasteiger partial charge in [-0.1, -0.05) is 29.8 Å². The summed E-state index contributed by atoms with van der Waals surface area (Å²) in [7, 11) is 4.07. The van der Waals surface area contributed by atoms with Crippen molar-refractivity contribution in [3.05, 3.63) is 53.5 Å². The predicted molar refractivity (Wildman–Crippen MR) is 82.8 cm³/mol. The van der Waals surface area contributed by atoms with E-state index < -0.39 is 0 Å². The highest BCUT2D eigenvalue weighted by molar-refractivity contribution is 5.47. The Kier molecular flexibility index (Phi) is 4.85. The average Bonchev–Trinajstić information content (AvgIpc) is 2.49. The number of likely N-dealkylation sites (N-methyl/N-ethyl adjacent to an activating group) is 1. The zero-order valence-electron chi connectivity index (χ0n) is 12.5. The molecule has 108 valence electrons. The minimum absolute atomic E-state index is 0.194. The summed E-state index contributed by atoms with van der Waals surface area (Å²) in [5.74, 6) is 0.527. The Balaban J connectivity index is 2.14. The lowest BCUT2D eigenvalue weighted by Crippen LogP contribution is -2.27. The second kappa shape index (κ2) is 6.82. The van der Waals surface area contributed by atoms with Crippen molar-refractivity contribution in [2.75, 3.05) is 26.0 Å². The number of aromatic nitrogens is 2. The fraction of sp³-hybridized carbons (Fsp3) is 0.312. The van der Waals surface area contributed by atoms with E-state index >= 15 is 0 Å². The van der Waals surface area contributed by atoms with Crippen LogP contribution in [0.1, 0.15) is 22.9 Å². The van der Waals surface area contributed by atoms with E-state index in [0.717, 1.165) is 0 Å². The van der Waals surface area contributed by atoms with Crippen molar-refractivity contribution in [2.24, 2.45) is 0 Å². The summed E-state index contributed by atoms with van der Waals surface area (Å²) in [4.78, 5) is 10.3. The van der Waals surface area contributed by atoms with Gasteiger partial charge in [0.25, 0.3) is 0 Å². The van der Waals surface area contributed by atoms with Crippen LogP contribution in [0.2, 0.25) is 0 Å². The zero-order chi connectivity index (χ0) is 15.2. The van der Waals surface area contributed by atoms with Gasteiger partial charge in [0.2, 0.25) is 0 Å². The summed E-state index contributed by atoms with van der Waals surface area (Å²) in [6, 6.07) is 10.7. The number of anilines is 1. The minimum Gasteiger partial charge on any atom is -0.366 e. The van der Waals surface area contributed by atoms with Crippen LogP contribution in [0.5, 0.6) is 0 Å². The Morgan fingerprint density at radius 1 is 1.19 bits per heavy atom. The molecule has 0 radical (unpaired) electrons. The first-order valence-corrected chi connectivity index (χ1v) is 6.80. The Bertz CT molecular complexity index is 628. The number of nitriles is 1. The number of rotatable bonds is 5. The fourth-order valence-corrected chi connectivity index (χ4v) is 2.13. The molecule has 1 aromatic heterocycles. The summed E-state index contributed by atoms with van der Waals surface area (Å²) in [6.07, 6.45) is 3.10. The van der Waals surface area contributed by atoms with Crippen molar-refractivity contribution in [3.8, 4) is 6.07 Å². The normalized spacial score (nSPS) is 12.0. The van der Waals surface area contributed by atoms with Gasteiger partial charge < -0.3 is 10.2 Å². The molecule has 2 rings (SSSR count). The van der Waals surface area contributed by atoms with E-state index in [1.165, 1.54) is 17.3 Å². The number of benzene rings is 1. The third-order valence-electron chi connectivity index (χ3n) is 3.35. The van der Waals surface area contributed by atoms with Crippen molar-refractivity contribution >= 4 is 5.82 Å². The predicted octanol–water partition coefficient (Wildman–Crippen LogP) is 2.37. The number of nitrogens with zero attached hydrogens (tertiary/aromatic N) is 4. The molecule has 1 atom stereocenters. The number of nitrogens with one attached hydrogen (secondary N) is 1. The van der Waals surface area contributed by atoms with Gasteiger partial charge in [-0.25, -0.2) is 9.97 Å². The average molecular weight is 281 g/mol. The molecule has 1 N–H and O–H groups in total. The van der Waals surface area contributed by atoms with Crippen LogP contribution in [0.3, 0.4) is 0 Å². The first kappa shape index (κ1) is 14.9. The second-order valence-corrected chi connectivity index (χ2v) is 5.14. The van der Waals surface area contributed by atoms with Crippen LogP contribution in [0, 0.1) is 18.3 Å². The molecule has 0 aliphatic rings. The summed E-state index contributed by atoms with van der Waals surface area (Å²) in [5.41, 5.74) is 2.78. The lowest BCUT2D eigenvalue weighted by Gasteiger charge is -2.25. The largest absolute Gasteiger partial charge is 0.366 e. The summed E-state index contributed by atoms with van der Waals surface area (Å²) in [6.45, 7) is 2.73. The van der Waals surface area contributed by atoms with Crippen LogP contribution in [0.15, 0.2) is 36.7 Å². The van der Waals surface area contributed by atoms with Crippen LogP contribution >= 0.6 is 0 Å². The molecule has 2 aromatic rings. The summed E-state index contributed by atoms with van der Waals surface area (Å²) >= 11 is 0. The van der Waals surface area contributed by atoms with E-state index in [4.69, 9.17) is 5.26 Å². The number of hydrogen-bond donors (Lipinski definition) is 1. The van der Waals surface area contributed by atoms with Crippen LogP contribution in [-0.4, -0.2) is 35.5 Å². The zero-order valence-corrected chi connectivity index (χ0v) is 12.5. The quantitative estimate of drug-likeness (QED) is 0.911. The van der Waals surface area contributed by atoms with Gasteiger partial charge in [0.15, 0.2) is 11.5 Å². The van der Waals surface area contributed by atoms with E-state index in [9.17, 15) is 0 Å². The maximum absolute atomic E-state index is 9.04. The second-order valence-electron chi connectivity index (χ2n) is 5.14. The molecule has 0 spiro atoms. The molecule has 1 aromatic carbocycles. The van der Waals surface area contributed by atoms with Gasteiger partial charge in [-0.05, 0) is 26.6 Å². The van der Waals surface area contributed by atoms with E-state index in [2.05, 4.69) is 51.4 Å². The van der Waals surface area contributed by atoms with E-state index in [-0.39, 0.29) is 6.04 Å². The SMILES string of the molecule is Cc1ccc(C(CNc2nccnc2C#N)N(C)C)cc1. The van der Waals surface area contributed by atoms with Gasteiger partial charge in [0.05, 0.1) is 6.04 Å². The maximum atomic E-state index is 9.04. The molecule has 1 unspecified atom stereocenters. The summed E-state index contributed by atoms with van der Waals surface area (Å²) in [5, 5.41) is 12.3. The standard InChI is InChI=1S/C16H19N5/c1-12-4-6-13(7-5-12)15(21(2)3)11-20-16-14(10-17)18-8-9-19-16/h4-9,15H,11H2,1-3H3,(H,19,20). The van der Waals surface area contributed by atoms with Gasteiger partial charge >= 0.3 is 0 Å². The number of hydrogen-bond acceptors (Lipinski definition) is 5. The molecule has 5 heteroatoms. The molecule has 0 fully saturated rings. The van der Waals surface area contributed by atoms with Crippen molar-refractivity contribution in [2.45, 2.75) is 13.0 Å². The van der Waals surface area contributed by atoms with E-state index in [1.807, 2.05) is 20.2 Å². The highest BCUT2D eigenvalue weighted by Crippen LogP contribution is 2.19. The van der Waals surface area contributed by atoms with Gasteiger partial charge in [-0.2, -0.15) is 5.26 Å². The van der Waals surface area contributed by atoms with Crippen molar-refractivity contribution < 1.29 is 0 Å². The molecule has 1 heterocycles. The van der Waals surface area contributed by atoms with Gasteiger partial charge in [0, 0.05) is 18.9 Å². The molecule has 21 heavy (non-hydrogen) atoms. The van der Waals surface area contributed by atoms with Crippen molar-refractivity contribution in [1.29, 1.82) is 5.26 Å². The third-order valence-corrected chi connectivity index (χ3v) is 3.35. The van der Waals surface area contributed by atoms with Crippen molar-refractivity contribution in [1.82, 2.24) is 14.9 Å². The fourth-order valence-electron chi connectivity index (χ4n) is 2.13. The molecule has 0 saturated heterocycles. The van der Waals surface area contributed by atoms with Crippen LogP contribution in [-0.2, 0) is 0 Å². The Hall–Kier alpha value is -2.45. The topological polar surface area (TPSA) is 64.8 Å². The molecule has 0 bridgehead atoms. The lowest BCUT2D eigenvalue weighted by atomic mass is 10.0. The van der Waals surface area contributed by atoms with Crippen LogP contribution in [0.25, 0.3) is 0 Å². The van der Waals surface area contributed by atoms with Gasteiger partial charge in [-0.15, -0.1) is 0 Å². The smallest absolute Gasteiger partial charge is 0.182 e. The van der Waals surface area contributed by atoms with Crippen LogP contribution < -0.4 is 5.32 Å². The van der Waals surface area contributed by atoms with Crippen molar-refractivity contribution in [3.63, 3.8) is 0 Å². The van der Waals surface area contributed by atoms with E-state index in [0.29, 0.717) is 18.1 Å². The first-order chi connectivity index (χ1) is 10.1. The molecule has 5 nitrogen and oxygen atoms in total. The molecule has 0 saturated carbocycles. The minimum atomic E-state index is 0.194. The molecular formula is C16H19N5. The lowest BCUT2D eigenvalue weighted by molar-refractivity contribution is 0.311. The van der Waals surface area contributed by atoms with Gasteiger partial charge in [0.1, 0.15) is 6.07 Å². The Morgan fingerprint density at radius 2 is 1.86 bits per heavy atom. The highest BCUT2D eigenvalue weighted by Gasteiger charge is 2.15. The monoisotopic (exact) mass is 281 g/mol. The molecular weight excluding hydrogens is 262 g/mol. The number of aryl methyl sites for hydroxylation is 1. The Morgan fingerprint density at radius 3 is 2.48 bits per heavy atom. The molecule has 0 amide bonds. The Labute approximate surface area is 125 Å². The first-order valence-electron chi connectivity index (χ1n) is 6.80.